The summed E-state index contributed by atoms with van der Waals surface area (Å²) in [5.74, 6) is 0. The first kappa shape index (κ1) is 10.7. The van der Waals surface area contributed by atoms with E-state index in [4.69, 9.17) is 5.73 Å². The number of nitrogens with two attached hydrogens (primary N) is 1. The summed E-state index contributed by atoms with van der Waals surface area (Å²) in [6.45, 7) is 6.96. The minimum Gasteiger partial charge on any atom is -0.326 e. The quantitative estimate of drug-likeness (QED) is 0.823. The molecule has 0 aliphatic rings. The lowest BCUT2D eigenvalue weighted by Gasteiger charge is -2.19. The third kappa shape index (κ3) is 2.51. The highest BCUT2D eigenvalue weighted by Gasteiger charge is 2.18. The average Bonchev–Trinajstić information content (AvgIpc) is 2.01. The van der Waals surface area contributed by atoms with Crippen molar-refractivity contribution in [3.8, 4) is 0 Å². The van der Waals surface area contributed by atoms with Gasteiger partial charge in [0.25, 0.3) is 0 Å². The van der Waals surface area contributed by atoms with Gasteiger partial charge in [-0.3, -0.25) is 4.98 Å². The van der Waals surface area contributed by atoms with Crippen molar-refractivity contribution in [2.24, 2.45) is 5.73 Å². The zero-order valence-corrected chi connectivity index (χ0v) is 9.85. The summed E-state index contributed by atoms with van der Waals surface area (Å²) in [6.07, 6.45) is 1.84. The maximum Gasteiger partial charge on any atom is 0.0599 e. The van der Waals surface area contributed by atoms with E-state index in [9.17, 15) is 0 Å². The van der Waals surface area contributed by atoms with Crippen LogP contribution in [0, 0.1) is 0 Å². The summed E-state index contributed by atoms with van der Waals surface area (Å²) >= 11 is 3.51. The first-order chi connectivity index (χ1) is 5.95. The summed E-state index contributed by atoms with van der Waals surface area (Å²) in [4.78, 5) is 4.39. The lowest BCUT2D eigenvalue weighted by atomic mass is 9.91. The van der Waals surface area contributed by atoms with Crippen LogP contribution in [0.3, 0.4) is 0 Å². The van der Waals surface area contributed by atoms with E-state index >= 15 is 0 Å². The van der Waals surface area contributed by atoms with Gasteiger partial charge >= 0.3 is 0 Å². The maximum atomic E-state index is 5.52. The Labute approximate surface area is 87.7 Å². The van der Waals surface area contributed by atoms with E-state index < -0.39 is 0 Å². The number of hydrogen-bond acceptors (Lipinski definition) is 2. The Morgan fingerprint density at radius 3 is 2.46 bits per heavy atom. The lowest BCUT2D eigenvalue weighted by molar-refractivity contribution is 0.564. The Kier molecular flexibility index (Phi) is 3.09. The molecule has 1 aromatic heterocycles. The minimum absolute atomic E-state index is 0.0754. The van der Waals surface area contributed by atoms with E-state index in [0.29, 0.717) is 6.54 Å². The number of aromatic nitrogens is 1. The first-order valence-electron chi connectivity index (χ1n) is 4.30. The first-order valence-corrected chi connectivity index (χ1v) is 5.09. The van der Waals surface area contributed by atoms with Crippen LogP contribution in [0.5, 0.6) is 0 Å². The van der Waals surface area contributed by atoms with Crippen molar-refractivity contribution < 1.29 is 0 Å². The smallest absolute Gasteiger partial charge is 0.0599 e. The standard InChI is InChI=1S/C10H15BrN2/c1-10(2,3)9-8(11)4-7(5-12)6-13-9/h4,6H,5,12H2,1-3H3. The summed E-state index contributed by atoms with van der Waals surface area (Å²) in [5.41, 5.74) is 7.72. The molecule has 72 valence electrons. The van der Waals surface area contributed by atoms with Gasteiger partial charge in [-0.05, 0) is 27.6 Å². The van der Waals surface area contributed by atoms with Gasteiger partial charge in [0.15, 0.2) is 0 Å². The highest BCUT2D eigenvalue weighted by Crippen LogP contribution is 2.27. The van der Waals surface area contributed by atoms with Crippen LogP contribution in [-0.2, 0) is 12.0 Å². The highest BCUT2D eigenvalue weighted by atomic mass is 79.9. The molecule has 13 heavy (non-hydrogen) atoms. The molecule has 1 aromatic rings. The van der Waals surface area contributed by atoms with Crippen LogP contribution in [0.25, 0.3) is 0 Å². The third-order valence-electron chi connectivity index (χ3n) is 1.84. The molecule has 0 saturated heterocycles. The minimum atomic E-state index is 0.0754. The molecule has 0 aliphatic carbocycles. The molecule has 0 saturated carbocycles. The van der Waals surface area contributed by atoms with Crippen LogP contribution in [-0.4, -0.2) is 4.98 Å². The van der Waals surface area contributed by atoms with Gasteiger partial charge < -0.3 is 5.73 Å². The van der Waals surface area contributed by atoms with Crippen LogP contribution in [0.4, 0.5) is 0 Å². The molecule has 0 amide bonds. The van der Waals surface area contributed by atoms with Gasteiger partial charge in [-0.25, -0.2) is 0 Å². The molecule has 0 unspecified atom stereocenters. The second kappa shape index (κ2) is 3.76. The second-order valence-corrected chi connectivity index (χ2v) is 4.98. The fourth-order valence-electron chi connectivity index (χ4n) is 1.14. The fourth-order valence-corrected chi connectivity index (χ4v) is 2.13. The van der Waals surface area contributed by atoms with Gasteiger partial charge in [-0.15, -0.1) is 0 Å². The van der Waals surface area contributed by atoms with Crippen LogP contribution in [0.2, 0.25) is 0 Å². The van der Waals surface area contributed by atoms with Gasteiger partial charge in [0.05, 0.1) is 5.69 Å². The molecule has 1 heterocycles. The Hall–Kier alpha value is -0.410. The maximum absolute atomic E-state index is 5.52. The zero-order valence-electron chi connectivity index (χ0n) is 8.26. The van der Waals surface area contributed by atoms with Gasteiger partial charge in [0.1, 0.15) is 0 Å². The summed E-state index contributed by atoms with van der Waals surface area (Å²) in [7, 11) is 0. The molecule has 0 radical (unpaired) electrons. The van der Waals surface area contributed by atoms with Crippen molar-refractivity contribution in [3.05, 3.63) is 28.0 Å². The van der Waals surface area contributed by atoms with Crippen LogP contribution < -0.4 is 5.73 Å². The Balaban J connectivity index is 3.13. The third-order valence-corrected chi connectivity index (χ3v) is 2.45. The molecule has 0 aromatic carbocycles. The Bertz CT molecular complexity index is 302. The normalized spacial score (nSPS) is 11.8. The summed E-state index contributed by atoms with van der Waals surface area (Å²) in [5, 5.41) is 0. The molecule has 3 heteroatoms. The number of rotatable bonds is 1. The van der Waals surface area contributed by atoms with Crippen molar-refractivity contribution >= 4 is 15.9 Å². The Morgan fingerprint density at radius 2 is 2.08 bits per heavy atom. The molecule has 1 rings (SSSR count). The van der Waals surface area contributed by atoms with Gasteiger partial charge in [-0.1, -0.05) is 20.8 Å². The van der Waals surface area contributed by atoms with Crippen molar-refractivity contribution in [1.29, 1.82) is 0 Å². The van der Waals surface area contributed by atoms with E-state index in [-0.39, 0.29) is 5.41 Å². The van der Waals surface area contributed by atoms with E-state index in [2.05, 4.69) is 41.7 Å². The molecule has 2 nitrogen and oxygen atoms in total. The predicted octanol–water partition coefficient (Wildman–Crippen LogP) is 2.60. The number of halogens is 1. The van der Waals surface area contributed by atoms with Crippen LogP contribution in [0.1, 0.15) is 32.0 Å². The zero-order chi connectivity index (χ0) is 10.1. The van der Waals surface area contributed by atoms with E-state index in [1.165, 1.54) is 0 Å². The molecular formula is C10H15BrN2. The largest absolute Gasteiger partial charge is 0.326 e. The predicted molar refractivity (Wildman–Crippen MR) is 58.5 cm³/mol. The van der Waals surface area contributed by atoms with Crippen LogP contribution >= 0.6 is 15.9 Å². The number of pyridine rings is 1. The van der Waals surface area contributed by atoms with Gasteiger partial charge in [-0.2, -0.15) is 0 Å². The van der Waals surface area contributed by atoms with E-state index in [1.807, 2.05) is 12.3 Å². The van der Waals surface area contributed by atoms with Crippen molar-refractivity contribution in [2.75, 3.05) is 0 Å². The summed E-state index contributed by atoms with van der Waals surface area (Å²) in [6, 6.07) is 2.04. The van der Waals surface area contributed by atoms with Crippen molar-refractivity contribution in [3.63, 3.8) is 0 Å². The van der Waals surface area contributed by atoms with Gasteiger partial charge in [0, 0.05) is 22.6 Å². The molecule has 0 bridgehead atoms. The lowest BCUT2D eigenvalue weighted by Crippen LogP contribution is -2.15. The second-order valence-electron chi connectivity index (χ2n) is 4.13. The van der Waals surface area contributed by atoms with Crippen molar-refractivity contribution in [2.45, 2.75) is 32.7 Å². The highest BCUT2D eigenvalue weighted by molar-refractivity contribution is 9.10. The average molecular weight is 243 g/mol. The van der Waals surface area contributed by atoms with Crippen molar-refractivity contribution in [1.82, 2.24) is 4.98 Å². The van der Waals surface area contributed by atoms with E-state index in [0.717, 1.165) is 15.7 Å². The fraction of sp³-hybridized carbons (Fsp3) is 0.500. The van der Waals surface area contributed by atoms with E-state index in [1.54, 1.807) is 0 Å². The molecule has 0 fully saturated rings. The topological polar surface area (TPSA) is 38.9 Å². The number of hydrogen-bond donors (Lipinski definition) is 1. The van der Waals surface area contributed by atoms with Crippen LogP contribution in [0.15, 0.2) is 16.7 Å². The molecule has 2 N–H and O–H groups in total. The SMILES string of the molecule is CC(C)(C)c1ncc(CN)cc1Br. The molecule has 0 spiro atoms. The molecular weight excluding hydrogens is 228 g/mol. The monoisotopic (exact) mass is 242 g/mol. The Morgan fingerprint density at radius 1 is 1.46 bits per heavy atom. The molecule has 0 aliphatic heterocycles. The molecule has 0 atom stereocenters. The van der Waals surface area contributed by atoms with Gasteiger partial charge in [0.2, 0.25) is 0 Å². The summed E-state index contributed by atoms with van der Waals surface area (Å²) < 4.78 is 1.04. The number of nitrogens with zero attached hydrogens (tertiary/aromatic N) is 1.